The van der Waals surface area contributed by atoms with Crippen LogP contribution in [0.25, 0.3) is 0 Å². The molecule has 1 aromatic carbocycles. The lowest BCUT2D eigenvalue weighted by Crippen LogP contribution is -2.47. The van der Waals surface area contributed by atoms with Crippen molar-refractivity contribution in [3.8, 4) is 0 Å². The molecule has 2 heterocycles. The molecule has 0 bridgehead atoms. The molecule has 0 saturated carbocycles. The van der Waals surface area contributed by atoms with Gasteiger partial charge in [-0.15, -0.1) is 24.2 Å². The summed E-state index contributed by atoms with van der Waals surface area (Å²) in [6.07, 6.45) is 2.25. The molecule has 0 radical (unpaired) electrons. The van der Waals surface area contributed by atoms with Crippen molar-refractivity contribution in [2.45, 2.75) is 30.7 Å². The Balaban J connectivity index is 0.00000192. The summed E-state index contributed by atoms with van der Waals surface area (Å²) in [6, 6.07) is 8.77. The van der Waals surface area contributed by atoms with Crippen molar-refractivity contribution in [1.82, 2.24) is 10.2 Å². The molecule has 0 spiro atoms. The van der Waals surface area contributed by atoms with E-state index in [1.807, 2.05) is 28.8 Å². The van der Waals surface area contributed by atoms with Crippen LogP contribution in [-0.2, 0) is 4.79 Å². The molecular formula is C17H26ClN3OS. The van der Waals surface area contributed by atoms with E-state index in [0.717, 1.165) is 50.5 Å². The van der Waals surface area contributed by atoms with Crippen LogP contribution in [0.1, 0.15) is 19.8 Å². The standard InChI is InChI=1S/C17H25N3OS.ClH/c1-2-9-19(14-7-8-18-12-14)13-17(21)20-10-11-22-16-6-4-3-5-15(16)20;/h3-6,14,18H,2,7-13H2,1H3;1H. The lowest BCUT2D eigenvalue weighted by Gasteiger charge is -2.33. The van der Waals surface area contributed by atoms with Crippen molar-refractivity contribution in [2.75, 3.05) is 43.4 Å². The van der Waals surface area contributed by atoms with Gasteiger partial charge in [0.1, 0.15) is 0 Å². The maximum atomic E-state index is 12.9. The number of carbonyl (C=O) groups excluding carboxylic acids is 1. The van der Waals surface area contributed by atoms with Gasteiger partial charge in [-0.2, -0.15) is 0 Å². The third kappa shape index (κ3) is 4.41. The van der Waals surface area contributed by atoms with Gasteiger partial charge in [-0.05, 0) is 38.1 Å². The molecule has 1 aromatic rings. The van der Waals surface area contributed by atoms with Gasteiger partial charge < -0.3 is 10.2 Å². The highest BCUT2D eigenvalue weighted by molar-refractivity contribution is 7.99. The predicted octanol–water partition coefficient (Wildman–Crippen LogP) is 2.62. The third-order valence-corrected chi connectivity index (χ3v) is 5.47. The van der Waals surface area contributed by atoms with Gasteiger partial charge in [-0.1, -0.05) is 19.1 Å². The van der Waals surface area contributed by atoms with Gasteiger partial charge in [0.25, 0.3) is 0 Å². The Morgan fingerprint density at radius 2 is 2.26 bits per heavy atom. The zero-order valence-corrected chi connectivity index (χ0v) is 15.3. The Bertz CT molecular complexity index is 522. The number of carbonyl (C=O) groups is 1. The Morgan fingerprint density at radius 3 is 3.00 bits per heavy atom. The number of halogens is 1. The Kier molecular flexibility index (Phi) is 7.21. The average Bonchev–Trinajstić information content (AvgIpc) is 3.08. The van der Waals surface area contributed by atoms with Crippen LogP contribution in [0.3, 0.4) is 0 Å². The first-order chi connectivity index (χ1) is 10.8. The van der Waals surface area contributed by atoms with Crippen molar-refractivity contribution in [3.05, 3.63) is 24.3 Å². The maximum absolute atomic E-state index is 12.9. The van der Waals surface area contributed by atoms with Gasteiger partial charge in [0.15, 0.2) is 0 Å². The summed E-state index contributed by atoms with van der Waals surface area (Å²) in [4.78, 5) is 18.4. The molecule has 1 amide bonds. The molecule has 1 saturated heterocycles. The monoisotopic (exact) mass is 355 g/mol. The number of nitrogens with one attached hydrogen (secondary N) is 1. The minimum Gasteiger partial charge on any atom is -0.315 e. The van der Waals surface area contributed by atoms with Crippen LogP contribution in [0.15, 0.2) is 29.2 Å². The van der Waals surface area contributed by atoms with E-state index in [-0.39, 0.29) is 18.3 Å². The highest BCUT2D eigenvalue weighted by Gasteiger charge is 2.28. The lowest BCUT2D eigenvalue weighted by molar-refractivity contribution is -0.120. The molecule has 0 aliphatic carbocycles. The highest BCUT2D eigenvalue weighted by atomic mass is 35.5. The molecule has 128 valence electrons. The van der Waals surface area contributed by atoms with E-state index >= 15 is 0 Å². The fourth-order valence-corrected chi connectivity index (χ4v) is 4.31. The van der Waals surface area contributed by atoms with Gasteiger partial charge in [0.05, 0.1) is 12.2 Å². The van der Waals surface area contributed by atoms with Crippen molar-refractivity contribution < 1.29 is 4.79 Å². The molecule has 1 N–H and O–H groups in total. The van der Waals surface area contributed by atoms with Crippen molar-refractivity contribution >= 4 is 35.8 Å². The molecule has 1 unspecified atom stereocenters. The quantitative estimate of drug-likeness (QED) is 0.880. The summed E-state index contributed by atoms with van der Waals surface area (Å²) in [6.45, 7) is 6.64. The second-order valence-corrected chi connectivity index (χ2v) is 7.12. The third-order valence-electron chi connectivity index (χ3n) is 4.43. The number of benzene rings is 1. The summed E-state index contributed by atoms with van der Waals surface area (Å²) in [5.41, 5.74) is 1.09. The molecule has 4 nitrogen and oxygen atoms in total. The first kappa shape index (κ1) is 18.6. The first-order valence-corrected chi connectivity index (χ1v) is 9.25. The number of para-hydroxylation sites is 1. The number of hydrogen-bond acceptors (Lipinski definition) is 4. The van der Waals surface area contributed by atoms with Gasteiger partial charge >= 0.3 is 0 Å². The van der Waals surface area contributed by atoms with Crippen molar-refractivity contribution in [3.63, 3.8) is 0 Å². The number of hydrogen-bond donors (Lipinski definition) is 1. The minimum atomic E-state index is 0. The number of amides is 1. The molecule has 6 heteroatoms. The number of anilines is 1. The number of nitrogens with zero attached hydrogens (tertiary/aromatic N) is 2. The second kappa shape index (κ2) is 8.92. The summed E-state index contributed by atoms with van der Waals surface area (Å²) < 4.78 is 0. The van der Waals surface area contributed by atoms with E-state index in [9.17, 15) is 4.79 Å². The van der Waals surface area contributed by atoms with Crippen molar-refractivity contribution in [2.24, 2.45) is 0 Å². The lowest BCUT2D eigenvalue weighted by atomic mass is 10.2. The molecule has 0 aromatic heterocycles. The van der Waals surface area contributed by atoms with Gasteiger partial charge in [-0.3, -0.25) is 9.69 Å². The molecule has 1 fully saturated rings. The molecule has 3 rings (SSSR count). The van der Waals surface area contributed by atoms with E-state index < -0.39 is 0 Å². The van der Waals surface area contributed by atoms with Crippen LogP contribution in [0, 0.1) is 0 Å². The zero-order valence-electron chi connectivity index (χ0n) is 13.7. The molecule has 1 atom stereocenters. The van der Waals surface area contributed by atoms with Crippen LogP contribution in [-0.4, -0.2) is 55.3 Å². The zero-order chi connectivity index (χ0) is 15.4. The number of rotatable bonds is 5. The van der Waals surface area contributed by atoms with Crippen LogP contribution >= 0.6 is 24.2 Å². The van der Waals surface area contributed by atoms with E-state index in [1.165, 1.54) is 4.90 Å². The minimum absolute atomic E-state index is 0. The Hall–Kier alpha value is -0.750. The van der Waals surface area contributed by atoms with Gasteiger partial charge in [-0.25, -0.2) is 0 Å². The largest absolute Gasteiger partial charge is 0.315 e. The van der Waals surface area contributed by atoms with E-state index in [0.29, 0.717) is 12.6 Å². The van der Waals surface area contributed by atoms with Crippen LogP contribution in [0.4, 0.5) is 5.69 Å². The van der Waals surface area contributed by atoms with Crippen LogP contribution in [0.5, 0.6) is 0 Å². The SMILES string of the molecule is CCCN(CC(=O)N1CCSc2ccccc21)C1CCNC1.Cl. The fraction of sp³-hybridized carbons (Fsp3) is 0.588. The first-order valence-electron chi connectivity index (χ1n) is 8.26. The van der Waals surface area contributed by atoms with Crippen LogP contribution < -0.4 is 10.2 Å². The highest BCUT2D eigenvalue weighted by Crippen LogP contribution is 2.34. The summed E-state index contributed by atoms with van der Waals surface area (Å²) in [5, 5.41) is 3.41. The molecule has 2 aliphatic heterocycles. The predicted molar refractivity (Wildman–Crippen MR) is 99.9 cm³/mol. The van der Waals surface area contributed by atoms with E-state index in [4.69, 9.17) is 0 Å². The number of thioether (sulfide) groups is 1. The van der Waals surface area contributed by atoms with Gasteiger partial charge in [0.2, 0.25) is 5.91 Å². The van der Waals surface area contributed by atoms with Crippen LogP contribution in [0.2, 0.25) is 0 Å². The fourth-order valence-electron chi connectivity index (χ4n) is 3.32. The maximum Gasteiger partial charge on any atom is 0.241 e. The summed E-state index contributed by atoms with van der Waals surface area (Å²) in [7, 11) is 0. The normalized spacial score (nSPS) is 20.3. The summed E-state index contributed by atoms with van der Waals surface area (Å²) >= 11 is 1.85. The number of fused-ring (bicyclic) bond motifs is 1. The average molecular weight is 356 g/mol. The van der Waals surface area contributed by atoms with Crippen molar-refractivity contribution in [1.29, 1.82) is 0 Å². The molecular weight excluding hydrogens is 330 g/mol. The smallest absolute Gasteiger partial charge is 0.241 e. The van der Waals surface area contributed by atoms with E-state index in [1.54, 1.807) is 0 Å². The topological polar surface area (TPSA) is 35.6 Å². The second-order valence-electron chi connectivity index (χ2n) is 5.98. The molecule has 23 heavy (non-hydrogen) atoms. The Morgan fingerprint density at radius 1 is 1.43 bits per heavy atom. The summed E-state index contributed by atoms with van der Waals surface area (Å²) in [5.74, 6) is 1.23. The van der Waals surface area contributed by atoms with E-state index in [2.05, 4.69) is 29.3 Å². The van der Waals surface area contributed by atoms with Gasteiger partial charge in [0, 0.05) is 29.8 Å². The Labute approximate surface area is 149 Å². The molecule has 2 aliphatic rings.